The van der Waals surface area contributed by atoms with Crippen LogP contribution in [0.1, 0.15) is 99.5 Å². The molecule has 3 aromatic carbocycles. The maximum atomic E-state index is 15.6. The van der Waals surface area contributed by atoms with Crippen LogP contribution < -0.4 is 10.6 Å². The molecule has 7 rings (SSSR count). The van der Waals surface area contributed by atoms with Crippen LogP contribution in [0.5, 0.6) is 0 Å². The van der Waals surface area contributed by atoms with E-state index in [4.69, 9.17) is 28.4 Å². The number of aliphatic hydroxyl groups excluding tert-OH is 1. The predicted molar refractivity (Wildman–Crippen MR) is 250 cm³/mol. The zero-order valence-corrected chi connectivity index (χ0v) is 40.6. The molecule has 11 atom stereocenters. The number of fused-ring (bicyclic) bond motifs is 5. The number of benzene rings is 3. The van der Waals surface area contributed by atoms with Crippen molar-refractivity contribution >= 4 is 53.7 Å². The van der Waals surface area contributed by atoms with E-state index in [2.05, 4.69) is 10.6 Å². The van der Waals surface area contributed by atoms with E-state index >= 15 is 9.59 Å². The predicted octanol–water partition coefficient (Wildman–Crippen LogP) is 3.38. The lowest BCUT2D eigenvalue weighted by atomic mass is 9.44. The van der Waals surface area contributed by atoms with Crippen molar-refractivity contribution in [2.75, 3.05) is 13.2 Å². The Labute approximate surface area is 414 Å². The molecular weight excluding hydrogens is 937 g/mol. The molecule has 1 saturated heterocycles. The van der Waals surface area contributed by atoms with Gasteiger partial charge in [-0.2, -0.15) is 0 Å². The quantitative estimate of drug-likeness (QED) is 0.0653. The van der Waals surface area contributed by atoms with Crippen molar-refractivity contribution < 1.29 is 81.8 Å². The van der Waals surface area contributed by atoms with Gasteiger partial charge in [0.15, 0.2) is 17.5 Å². The van der Waals surface area contributed by atoms with Crippen LogP contribution in [0.25, 0.3) is 0 Å². The number of ketones is 2. The molecule has 0 aromatic heterocycles. The number of hydrogen-bond acceptors (Lipinski definition) is 17. The molecule has 1 aliphatic heterocycles. The molecule has 4 aliphatic rings. The summed E-state index contributed by atoms with van der Waals surface area (Å²) in [4.78, 5) is 123. The third kappa shape index (κ3) is 9.79. The fraction of sp³-hybridized carbons (Fsp3) is 0.453. The average Bonchev–Trinajstić information content (AvgIpc) is 3.35. The molecule has 72 heavy (non-hydrogen) atoms. The molecule has 0 radical (unpaired) electrons. The minimum absolute atomic E-state index is 0.0184. The fourth-order valence-electron chi connectivity index (χ4n) is 10.9. The summed E-state index contributed by atoms with van der Waals surface area (Å²) >= 11 is 0. The number of carbonyl (C=O) groups excluding carboxylic acids is 9. The first-order valence-corrected chi connectivity index (χ1v) is 23.5. The Hall–Kier alpha value is -7.09. The summed E-state index contributed by atoms with van der Waals surface area (Å²) < 4.78 is 36.1. The van der Waals surface area contributed by atoms with Gasteiger partial charge in [-0.1, -0.05) is 80.6 Å². The number of amides is 2. The Balaban J connectivity index is 1.39. The maximum absolute atomic E-state index is 15.6. The van der Waals surface area contributed by atoms with Crippen LogP contribution in [0.2, 0.25) is 0 Å². The average molecular weight is 995 g/mol. The number of aliphatic hydroxyl groups is 2. The smallest absolute Gasteiger partial charge is 0.350 e. The van der Waals surface area contributed by atoms with Crippen molar-refractivity contribution in [2.24, 2.45) is 16.7 Å². The maximum Gasteiger partial charge on any atom is 0.350 e. The lowest BCUT2D eigenvalue weighted by molar-refractivity contribution is -0.343. The van der Waals surface area contributed by atoms with Crippen molar-refractivity contribution in [3.8, 4) is 0 Å². The van der Waals surface area contributed by atoms with Gasteiger partial charge in [0.25, 0.3) is 12.4 Å². The minimum Gasteiger partial charge on any atom is -0.456 e. The Kier molecular flexibility index (Phi) is 15.3. The highest BCUT2D eigenvalue weighted by Gasteiger charge is 2.78. The first kappa shape index (κ1) is 52.7. The van der Waals surface area contributed by atoms with E-state index in [1.54, 1.807) is 66.7 Å². The van der Waals surface area contributed by atoms with Crippen LogP contribution in [-0.2, 0) is 62.0 Å². The molecule has 4 N–H and O–H groups in total. The molecule has 3 aliphatic carbocycles. The summed E-state index contributed by atoms with van der Waals surface area (Å²) in [5.41, 5.74) is -7.80. The monoisotopic (exact) mass is 994 g/mol. The van der Waals surface area contributed by atoms with Gasteiger partial charge >= 0.3 is 23.9 Å². The molecule has 3 fully saturated rings. The van der Waals surface area contributed by atoms with Crippen molar-refractivity contribution in [1.29, 1.82) is 0 Å². The number of esters is 4. The Bertz CT molecular complexity index is 2640. The summed E-state index contributed by atoms with van der Waals surface area (Å²) in [7, 11) is 0. The summed E-state index contributed by atoms with van der Waals surface area (Å²) in [6, 6.07) is 22.1. The molecule has 3 aromatic rings. The van der Waals surface area contributed by atoms with Crippen LogP contribution in [0.4, 0.5) is 0 Å². The zero-order chi connectivity index (χ0) is 52.3. The van der Waals surface area contributed by atoms with Crippen molar-refractivity contribution in [1.82, 2.24) is 10.6 Å². The van der Waals surface area contributed by atoms with Gasteiger partial charge in [-0.3, -0.25) is 28.8 Å². The van der Waals surface area contributed by atoms with E-state index < -0.39 is 125 Å². The second-order valence-corrected chi connectivity index (χ2v) is 19.4. The van der Waals surface area contributed by atoms with Crippen molar-refractivity contribution in [2.45, 2.75) is 121 Å². The number of nitrogens with one attached hydrogen (secondary N) is 2. The van der Waals surface area contributed by atoms with Crippen LogP contribution in [-0.4, -0.2) is 125 Å². The topological polar surface area (TPSA) is 274 Å². The standard InChI is InChI=1S/C53H58N2O17/c1-29(57)22-23-38(60)54-26-39(61)71-43(41(32-16-10-7-11-17-32)55-47(63)33-18-12-8-13-19-33)49(65)70-35-25-53(66)46(72-48(64)34-20-14-9-15-21-34)44-51(6,36(59)24-37-52(44,27-67-37)68-28-56)45(62)42(69-31(3)58)40(30(35)2)50(53,4)5/h7-21,28,35-37,41-44,46,59,66H,22-27H2,1-6H3,(H,54,60)(H,55,63)/t35-,36-,37+,41-,42+,43+,44-,46-,51+,52-,53+/m0/s1. The second kappa shape index (κ2) is 20.9. The molecule has 1 heterocycles. The molecule has 2 bridgehead atoms. The van der Waals surface area contributed by atoms with Gasteiger partial charge in [0.1, 0.15) is 42.3 Å². The van der Waals surface area contributed by atoms with Crippen LogP contribution in [0.15, 0.2) is 102 Å². The van der Waals surface area contributed by atoms with Gasteiger partial charge in [0.05, 0.1) is 29.6 Å². The third-order valence-corrected chi connectivity index (χ3v) is 14.8. The lowest BCUT2D eigenvalue weighted by Gasteiger charge is -2.67. The molecule has 0 unspecified atom stereocenters. The van der Waals surface area contributed by atoms with Crippen LogP contribution in [0, 0.1) is 16.7 Å². The Morgan fingerprint density at radius 1 is 0.847 bits per heavy atom. The molecule has 382 valence electrons. The molecular formula is C53H58N2O17. The molecule has 2 saturated carbocycles. The summed E-state index contributed by atoms with van der Waals surface area (Å²) in [5.74, 6) is -8.59. The first-order chi connectivity index (χ1) is 34.1. The number of carbonyl (C=O) groups is 9. The van der Waals surface area contributed by atoms with E-state index in [0.717, 1.165) is 6.92 Å². The fourth-order valence-corrected chi connectivity index (χ4v) is 10.9. The van der Waals surface area contributed by atoms with Gasteiger partial charge in [-0.05, 0) is 61.7 Å². The van der Waals surface area contributed by atoms with Crippen LogP contribution >= 0.6 is 0 Å². The van der Waals surface area contributed by atoms with Crippen LogP contribution in [0.3, 0.4) is 0 Å². The van der Waals surface area contributed by atoms with Gasteiger partial charge in [0.2, 0.25) is 12.0 Å². The summed E-state index contributed by atoms with van der Waals surface area (Å²) in [6.45, 7) is 7.19. The first-order valence-electron chi connectivity index (χ1n) is 23.5. The van der Waals surface area contributed by atoms with Gasteiger partial charge in [-0.15, -0.1) is 0 Å². The number of ether oxygens (including phenoxy) is 6. The number of rotatable bonds is 17. The molecule has 19 nitrogen and oxygen atoms in total. The normalized spacial score (nSPS) is 28.8. The second-order valence-electron chi connectivity index (χ2n) is 19.4. The number of hydrogen-bond donors (Lipinski definition) is 4. The van der Waals surface area contributed by atoms with Crippen molar-refractivity contribution in [3.05, 3.63) is 119 Å². The van der Waals surface area contributed by atoms with Gasteiger partial charge < -0.3 is 54.1 Å². The minimum atomic E-state index is -2.50. The summed E-state index contributed by atoms with van der Waals surface area (Å²) in [6.07, 6.45) is -11.5. The zero-order valence-electron chi connectivity index (χ0n) is 40.6. The highest BCUT2D eigenvalue weighted by Crippen LogP contribution is 2.64. The van der Waals surface area contributed by atoms with E-state index in [1.165, 1.54) is 58.9 Å². The van der Waals surface area contributed by atoms with Gasteiger partial charge in [-0.25, -0.2) is 9.59 Å². The lowest BCUT2D eigenvalue weighted by Crippen LogP contribution is -2.81. The Morgan fingerprint density at radius 2 is 1.46 bits per heavy atom. The third-order valence-electron chi connectivity index (χ3n) is 14.8. The van der Waals surface area contributed by atoms with E-state index in [9.17, 15) is 43.8 Å². The number of Topliss-reactive ketones (excluding diaryl/α,β-unsaturated/α-hetero) is 2. The van der Waals surface area contributed by atoms with E-state index in [0.29, 0.717) is 0 Å². The van der Waals surface area contributed by atoms with E-state index in [-0.39, 0.29) is 66.0 Å². The molecule has 19 heteroatoms. The molecule has 0 spiro atoms. The SMILES string of the molecule is CC(=O)CCC(=O)NCC(=O)O[C@@H](C(=O)O[C@H]1C[C@@]2(O)[C@@H](OC(=O)c3ccccc3)[C@@H]3[C@]4(OC=O)CO[C@@H]4C[C@H](O)[C@@]3(C)C(=O)[C@H](OC(C)=O)C(=C1C)C2(C)C)[C@@H](NC(=O)c1ccccc1)c1ccccc1. The van der Waals surface area contributed by atoms with Gasteiger partial charge in [0, 0.05) is 43.6 Å². The highest BCUT2D eigenvalue weighted by atomic mass is 16.6. The largest absolute Gasteiger partial charge is 0.456 e. The summed E-state index contributed by atoms with van der Waals surface area (Å²) in [5, 5.41) is 31.1. The highest BCUT2D eigenvalue weighted by molar-refractivity contribution is 5.96. The Morgan fingerprint density at radius 3 is 2.03 bits per heavy atom. The molecule has 2 amide bonds. The van der Waals surface area contributed by atoms with Crippen molar-refractivity contribution in [3.63, 3.8) is 0 Å². The van der Waals surface area contributed by atoms with E-state index in [1.807, 2.05) is 0 Å².